The Hall–Kier alpha value is -2.99. The predicted molar refractivity (Wildman–Crippen MR) is 155 cm³/mol. The molecule has 0 bridgehead atoms. The van der Waals surface area contributed by atoms with Crippen molar-refractivity contribution >= 4 is 35.2 Å². The van der Waals surface area contributed by atoms with Crippen molar-refractivity contribution in [2.75, 3.05) is 12.0 Å². The first kappa shape index (κ1) is 31.5. The van der Waals surface area contributed by atoms with Gasteiger partial charge in [-0.2, -0.15) is 11.8 Å². The number of carbonyl (C=O) groups excluding carboxylic acids is 1. The normalized spacial score (nSPS) is 11.5. The summed E-state index contributed by atoms with van der Waals surface area (Å²) in [5.74, 6) is 0.224. The van der Waals surface area contributed by atoms with E-state index in [2.05, 4.69) is 10.3 Å². The maximum atomic E-state index is 13.2. The molecule has 1 aromatic heterocycles. The second kappa shape index (κ2) is 15.1. The number of hydrogen-bond acceptors (Lipinski definition) is 6. The summed E-state index contributed by atoms with van der Waals surface area (Å²) < 4.78 is 11.7. The average Bonchev–Trinajstić information content (AvgIpc) is 3.40. The van der Waals surface area contributed by atoms with Gasteiger partial charge in [-0.05, 0) is 84.0 Å². The van der Waals surface area contributed by atoms with Gasteiger partial charge in [-0.25, -0.2) is 9.78 Å². The van der Waals surface area contributed by atoms with Gasteiger partial charge < -0.3 is 21.0 Å². The topological polar surface area (TPSA) is 102 Å². The Morgan fingerprint density at radius 3 is 2.55 bits per heavy atom. The van der Waals surface area contributed by atoms with E-state index in [1.54, 1.807) is 24.4 Å². The van der Waals surface area contributed by atoms with Crippen LogP contribution in [0.25, 0.3) is 22.6 Å². The van der Waals surface area contributed by atoms with Crippen LogP contribution in [-0.2, 0) is 22.7 Å². The SMILES string of the molecule is CSCCC(NC(=O)c1ccc(COCc2cnc(-c3ccc(Cl)cc3)o2)cc1-c1ccccc1C)C(=O)O.[H-].[Li+]. The van der Waals surface area contributed by atoms with E-state index in [4.69, 9.17) is 20.8 Å². The number of aryl methyl sites for hydroxylation is 1. The molecule has 40 heavy (non-hydrogen) atoms. The molecule has 0 saturated heterocycles. The first-order chi connectivity index (χ1) is 18.9. The van der Waals surface area contributed by atoms with Crippen molar-refractivity contribution in [1.82, 2.24) is 10.3 Å². The number of oxazole rings is 1. The molecular formula is C30H30ClLiN2O5S. The Labute approximate surface area is 256 Å². The van der Waals surface area contributed by atoms with Gasteiger partial charge in [0, 0.05) is 16.1 Å². The van der Waals surface area contributed by atoms with Gasteiger partial charge in [0.05, 0.1) is 12.8 Å². The van der Waals surface area contributed by atoms with Gasteiger partial charge in [0.15, 0.2) is 5.76 Å². The number of amides is 1. The van der Waals surface area contributed by atoms with Crippen molar-refractivity contribution in [3.8, 4) is 22.6 Å². The zero-order chi connectivity index (χ0) is 27.8. The van der Waals surface area contributed by atoms with E-state index < -0.39 is 17.9 Å². The van der Waals surface area contributed by atoms with E-state index in [9.17, 15) is 14.7 Å². The van der Waals surface area contributed by atoms with Crippen molar-refractivity contribution in [2.45, 2.75) is 32.6 Å². The molecule has 4 rings (SSSR count). The fourth-order valence-corrected chi connectivity index (χ4v) is 4.67. The first-order valence-electron chi connectivity index (χ1n) is 12.4. The number of benzene rings is 3. The molecule has 0 fully saturated rings. The number of carboxylic acids is 1. The number of aromatic nitrogens is 1. The van der Waals surface area contributed by atoms with E-state index in [1.165, 1.54) is 11.8 Å². The number of rotatable bonds is 12. The number of thioether (sulfide) groups is 1. The second-order valence-electron chi connectivity index (χ2n) is 8.97. The molecule has 3 aromatic carbocycles. The Morgan fingerprint density at radius 2 is 1.85 bits per heavy atom. The van der Waals surface area contributed by atoms with Gasteiger partial charge in [0.1, 0.15) is 12.6 Å². The number of aliphatic carboxylic acids is 1. The summed E-state index contributed by atoms with van der Waals surface area (Å²) in [7, 11) is 0. The zero-order valence-electron chi connectivity index (χ0n) is 23.6. The quantitative estimate of drug-likeness (QED) is 0.249. The Balaban J connectivity index is 0.00000294. The van der Waals surface area contributed by atoms with Crippen LogP contribution in [0.2, 0.25) is 5.02 Å². The summed E-state index contributed by atoms with van der Waals surface area (Å²) in [5.41, 5.74) is 4.69. The Bertz CT molecular complexity index is 1450. The monoisotopic (exact) mass is 572 g/mol. The minimum Gasteiger partial charge on any atom is -1.00 e. The van der Waals surface area contributed by atoms with Crippen LogP contribution in [0, 0.1) is 6.92 Å². The van der Waals surface area contributed by atoms with Crippen LogP contribution in [0.15, 0.2) is 77.3 Å². The third-order valence-electron chi connectivity index (χ3n) is 6.14. The molecule has 2 N–H and O–H groups in total. The predicted octanol–water partition coefficient (Wildman–Crippen LogP) is 3.74. The van der Waals surface area contributed by atoms with E-state index >= 15 is 0 Å². The fraction of sp³-hybridized carbons (Fsp3) is 0.233. The van der Waals surface area contributed by atoms with Crippen LogP contribution >= 0.6 is 23.4 Å². The van der Waals surface area contributed by atoms with Gasteiger partial charge >= 0.3 is 24.8 Å². The summed E-state index contributed by atoms with van der Waals surface area (Å²) in [4.78, 5) is 29.3. The van der Waals surface area contributed by atoms with Crippen molar-refractivity contribution in [3.05, 3.63) is 100 Å². The summed E-state index contributed by atoms with van der Waals surface area (Å²) in [6.45, 7) is 2.47. The Morgan fingerprint density at radius 1 is 1.10 bits per heavy atom. The van der Waals surface area contributed by atoms with Gasteiger partial charge in [-0.1, -0.05) is 41.9 Å². The number of carboxylic acid groups (broad SMARTS) is 1. The number of ether oxygens (including phenoxy) is 1. The van der Waals surface area contributed by atoms with Gasteiger partial charge in [0.2, 0.25) is 5.89 Å². The molecule has 0 aliphatic heterocycles. The molecule has 0 aliphatic carbocycles. The molecule has 1 heterocycles. The standard InChI is InChI=1S/C30H29ClN2O5S.Li.H/c1-19-5-3-4-6-24(19)26-15-20(7-12-25(26)28(34)33-27(30(35)36)13-14-39-2)17-37-18-23-16-32-29(38-23)21-8-10-22(31)11-9-21;;/h3-12,15-16,27H,13-14,17-18H2,1-2H3,(H,33,34)(H,35,36);;/q;+1;-1. The van der Waals surface area contributed by atoms with Crippen molar-refractivity contribution in [2.24, 2.45) is 0 Å². The number of hydrogen-bond donors (Lipinski definition) is 2. The van der Waals surface area contributed by atoms with E-state index in [-0.39, 0.29) is 33.5 Å². The molecule has 10 heteroatoms. The maximum absolute atomic E-state index is 13.2. The summed E-state index contributed by atoms with van der Waals surface area (Å²) >= 11 is 7.49. The minimum atomic E-state index is -1.05. The smallest absolute Gasteiger partial charge is 1.00 e. The molecule has 1 amide bonds. The van der Waals surface area contributed by atoms with E-state index in [1.807, 2.05) is 61.7 Å². The number of carbonyl (C=O) groups is 2. The molecule has 0 radical (unpaired) electrons. The van der Waals surface area contributed by atoms with Crippen molar-refractivity contribution < 1.29 is 44.1 Å². The Kier molecular flexibility index (Phi) is 11.9. The van der Waals surface area contributed by atoms with E-state index in [0.717, 1.165) is 22.3 Å². The van der Waals surface area contributed by atoms with Crippen LogP contribution in [0.4, 0.5) is 0 Å². The number of nitrogens with one attached hydrogen (secondary N) is 1. The zero-order valence-corrected chi connectivity index (χ0v) is 24.2. The molecule has 1 unspecified atom stereocenters. The molecular weight excluding hydrogens is 543 g/mol. The molecule has 4 aromatic rings. The van der Waals surface area contributed by atoms with Crippen LogP contribution in [0.3, 0.4) is 0 Å². The van der Waals surface area contributed by atoms with Crippen molar-refractivity contribution in [1.29, 1.82) is 0 Å². The number of nitrogens with zero attached hydrogens (tertiary/aromatic N) is 1. The largest absolute Gasteiger partial charge is 1.00 e. The third kappa shape index (κ3) is 8.26. The van der Waals surface area contributed by atoms with Crippen LogP contribution < -0.4 is 24.2 Å². The maximum Gasteiger partial charge on any atom is 1.00 e. The average molecular weight is 573 g/mol. The summed E-state index contributed by atoms with van der Waals surface area (Å²) in [6, 6.07) is 19.5. The van der Waals surface area contributed by atoms with Gasteiger partial charge in [0.25, 0.3) is 5.91 Å². The fourth-order valence-electron chi connectivity index (χ4n) is 4.08. The van der Waals surface area contributed by atoms with Crippen LogP contribution in [-0.4, -0.2) is 40.0 Å². The third-order valence-corrected chi connectivity index (χ3v) is 7.03. The molecule has 0 spiro atoms. The first-order valence-corrected chi connectivity index (χ1v) is 14.1. The molecule has 0 saturated carbocycles. The van der Waals surface area contributed by atoms with Crippen molar-refractivity contribution in [3.63, 3.8) is 0 Å². The number of halogens is 1. The summed E-state index contributed by atoms with van der Waals surface area (Å²) in [6.07, 6.45) is 3.88. The minimum absolute atomic E-state index is 0. The molecule has 7 nitrogen and oxygen atoms in total. The molecule has 204 valence electrons. The van der Waals surface area contributed by atoms with Crippen LogP contribution in [0.1, 0.15) is 35.1 Å². The van der Waals surface area contributed by atoms with E-state index in [0.29, 0.717) is 40.0 Å². The molecule has 1 atom stereocenters. The van der Waals surface area contributed by atoms with Gasteiger partial charge in [-0.3, -0.25) is 4.79 Å². The second-order valence-corrected chi connectivity index (χ2v) is 10.4. The summed E-state index contributed by atoms with van der Waals surface area (Å²) in [5, 5.41) is 12.9. The molecule has 0 aliphatic rings. The van der Waals surface area contributed by atoms with Gasteiger partial charge in [-0.15, -0.1) is 0 Å². The van der Waals surface area contributed by atoms with Crippen LogP contribution in [0.5, 0.6) is 0 Å².